The van der Waals surface area contributed by atoms with Gasteiger partial charge in [0, 0.05) is 28.1 Å². The molecule has 0 aliphatic carbocycles. The maximum absolute atomic E-state index is 11.5. The zero-order valence-electron chi connectivity index (χ0n) is 13.0. The molecule has 3 aromatic rings. The minimum absolute atomic E-state index is 0.213. The Balaban J connectivity index is 1.61. The van der Waals surface area contributed by atoms with E-state index in [0.717, 1.165) is 26.8 Å². The van der Waals surface area contributed by atoms with E-state index in [1.54, 1.807) is 39.3 Å². The molecule has 1 aliphatic heterocycles. The van der Waals surface area contributed by atoms with E-state index in [4.69, 9.17) is 4.74 Å². The van der Waals surface area contributed by atoms with E-state index in [0.29, 0.717) is 19.7 Å². The van der Waals surface area contributed by atoms with Crippen molar-refractivity contribution < 1.29 is 9.53 Å². The Morgan fingerprint density at radius 1 is 1.38 bits per heavy atom. The second-order valence-electron chi connectivity index (χ2n) is 5.33. The number of thiophene rings is 2. The average molecular weight is 378 g/mol. The van der Waals surface area contributed by atoms with Gasteiger partial charge in [0.2, 0.25) is 0 Å². The smallest absolute Gasteiger partial charge is 0.409 e. The van der Waals surface area contributed by atoms with Crippen LogP contribution in [0.25, 0.3) is 20.7 Å². The molecule has 0 atom stereocenters. The highest BCUT2D eigenvalue weighted by Gasteiger charge is 2.22. The third-order valence-corrected chi connectivity index (χ3v) is 6.47. The first-order valence-corrected chi connectivity index (χ1v) is 10.3. The van der Waals surface area contributed by atoms with E-state index in [-0.39, 0.29) is 6.09 Å². The molecule has 8 heteroatoms. The van der Waals surface area contributed by atoms with Crippen LogP contribution in [0, 0.1) is 6.92 Å². The second-order valence-corrected chi connectivity index (χ2v) is 8.22. The lowest BCUT2D eigenvalue weighted by atomic mass is 10.2. The number of aryl methyl sites for hydroxylation is 1. The number of cyclic esters (lactones) is 1. The maximum atomic E-state index is 11.5. The van der Waals surface area contributed by atoms with E-state index in [1.807, 2.05) is 6.92 Å². The fourth-order valence-electron chi connectivity index (χ4n) is 2.61. The van der Waals surface area contributed by atoms with E-state index in [9.17, 15) is 4.79 Å². The summed E-state index contributed by atoms with van der Waals surface area (Å²) in [6, 6.07) is 4.19. The highest BCUT2D eigenvalue weighted by Crippen LogP contribution is 2.39. The van der Waals surface area contributed by atoms with Gasteiger partial charge in [0.25, 0.3) is 0 Å². The van der Waals surface area contributed by atoms with Gasteiger partial charge in [-0.15, -0.1) is 34.4 Å². The van der Waals surface area contributed by atoms with Crippen molar-refractivity contribution >= 4 is 50.7 Å². The minimum atomic E-state index is -0.213. The number of carbonyl (C=O) groups excluding carboxylic acids is 1. The van der Waals surface area contributed by atoms with E-state index in [2.05, 4.69) is 32.9 Å². The zero-order chi connectivity index (χ0) is 16.5. The van der Waals surface area contributed by atoms with Crippen molar-refractivity contribution in [3.63, 3.8) is 0 Å². The van der Waals surface area contributed by atoms with Crippen LogP contribution in [0.2, 0.25) is 0 Å². The minimum Gasteiger partial charge on any atom is -0.448 e. The summed E-state index contributed by atoms with van der Waals surface area (Å²) in [6.07, 6.45) is -0.213. The lowest BCUT2D eigenvalue weighted by Gasteiger charge is -2.12. The van der Waals surface area contributed by atoms with Gasteiger partial charge in [-0.05, 0) is 18.4 Å². The van der Waals surface area contributed by atoms with Crippen LogP contribution in [-0.4, -0.2) is 46.4 Å². The molecule has 0 radical (unpaired) electrons. The number of hydrogen-bond donors (Lipinski definition) is 0. The maximum Gasteiger partial charge on any atom is 0.409 e. The van der Waals surface area contributed by atoms with Gasteiger partial charge in [0.1, 0.15) is 22.3 Å². The van der Waals surface area contributed by atoms with Crippen molar-refractivity contribution in [3.8, 4) is 10.4 Å². The standard InChI is InChI=1S/C16H15N3O2S3/c1-10-17-14(23-8-5-19-4-6-21-16(19)20)13-11(9-24-15(13)18-10)12-3-2-7-22-12/h2-3,7,9H,4-6,8H2,1H3. The molecule has 0 aromatic carbocycles. The molecule has 5 nitrogen and oxygen atoms in total. The van der Waals surface area contributed by atoms with E-state index >= 15 is 0 Å². The molecule has 0 N–H and O–H groups in total. The van der Waals surface area contributed by atoms with Gasteiger partial charge in [0.15, 0.2) is 0 Å². The molecule has 4 heterocycles. The summed E-state index contributed by atoms with van der Waals surface area (Å²) in [5, 5.41) is 6.36. The quantitative estimate of drug-likeness (QED) is 0.491. The molecule has 1 amide bonds. The molecule has 1 saturated heterocycles. The van der Waals surface area contributed by atoms with Gasteiger partial charge < -0.3 is 9.64 Å². The van der Waals surface area contributed by atoms with Gasteiger partial charge >= 0.3 is 6.09 Å². The largest absolute Gasteiger partial charge is 0.448 e. The normalized spacial score (nSPS) is 14.5. The predicted molar refractivity (Wildman–Crippen MR) is 99.1 cm³/mol. The third kappa shape index (κ3) is 3.01. The van der Waals surface area contributed by atoms with Crippen LogP contribution in [0.5, 0.6) is 0 Å². The second kappa shape index (κ2) is 6.70. The summed E-state index contributed by atoms with van der Waals surface area (Å²) in [7, 11) is 0. The summed E-state index contributed by atoms with van der Waals surface area (Å²) in [4.78, 5) is 24.8. The average Bonchev–Trinajstić information content (AvgIpc) is 3.27. The Morgan fingerprint density at radius 3 is 3.04 bits per heavy atom. The zero-order valence-corrected chi connectivity index (χ0v) is 15.5. The molecular weight excluding hydrogens is 362 g/mol. The van der Waals surface area contributed by atoms with Gasteiger partial charge in [-0.2, -0.15) is 0 Å². The first-order valence-electron chi connectivity index (χ1n) is 7.56. The molecular formula is C16H15N3O2S3. The van der Waals surface area contributed by atoms with Crippen molar-refractivity contribution in [2.75, 3.05) is 25.4 Å². The van der Waals surface area contributed by atoms with E-state index in [1.165, 1.54) is 10.4 Å². The van der Waals surface area contributed by atoms with Crippen LogP contribution < -0.4 is 0 Å². The van der Waals surface area contributed by atoms with Crippen LogP contribution in [0.4, 0.5) is 4.79 Å². The number of rotatable bonds is 5. The van der Waals surface area contributed by atoms with Gasteiger partial charge in [0.05, 0.1) is 11.9 Å². The van der Waals surface area contributed by atoms with Gasteiger partial charge in [-0.1, -0.05) is 6.07 Å². The fraction of sp³-hybridized carbons (Fsp3) is 0.312. The molecule has 1 fully saturated rings. The Kier molecular flexibility index (Phi) is 4.43. The number of carbonyl (C=O) groups is 1. The highest BCUT2D eigenvalue weighted by atomic mass is 32.2. The molecule has 1 aliphatic rings. The van der Waals surface area contributed by atoms with Crippen molar-refractivity contribution in [2.24, 2.45) is 0 Å². The number of ether oxygens (including phenoxy) is 1. The summed E-state index contributed by atoms with van der Waals surface area (Å²) >= 11 is 5.06. The highest BCUT2D eigenvalue weighted by molar-refractivity contribution is 7.99. The number of fused-ring (bicyclic) bond motifs is 1. The fourth-order valence-corrected chi connectivity index (χ4v) is 5.53. The Morgan fingerprint density at radius 2 is 2.29 bits per heavy atom. The lowest BCUT2D eigenvalue weighted by Crippen LogP contribution is -2.26. The van der Waals surface area contributed by atoms with Gasteiger partial charge in [-0.3, -0.25) is 0 Å². The number of nitrogens with zero attached hydrogens (tertiary/aromatic N) is 3. The van der Waals surface area contributed by atoms with Crippen LogP contribution in [0.15, 0.2) is 27.9 Å². The van der Waals surface area contributed by atoms with Crippen molar-refractivity contribution in [1.29, 1.82) is 0 Å². The summed E-state index contributed by atoms with van der Waals surface area (Å²) in [5.74, 6) is 1.57. The van der Waals surface area contributed by atoms with Crippen molar-refractivity contribution in [1.82, 2.24) is 14.9 Å². The summed E-state index contributed by atoms with van der Waals surface area (Å²) in [5.41, 5.74) is 1.20. The molecule has 3 aromatic heterocycles. The first kappa shape index (κ1) is 15.9. The predicted octanol–water partition coefficient (Wildman–Crippen LogP) is 4.27. The van der Waals surface area contributed by atoms with E-state index < -0.39 is 0 Å². The first-order chi connectivity index (χ1) is 11.7. The van der Waals surface area contributed by atoms with Crippen LogP contribution >= 0.6 is 34.4 Å². The molecule has 24 heavy (non-hydrogen) atoms. The van der Waals surface area contributed by atoms with Crippen LogP contribution in [0.3, 0.4) is 0 Å². The number of amides is 1. The molecule has 0 bridgehead atoms. The van der Waals surface area contributed by atoms with Crippen LogP contribution in [0.1, 0.15) is 5.82 Å². The van der Waals surface area contributed by atoms with Gasteiger partial charge in [-0.25, -0.2) is 14.8 Å². The summed E-state index contributed by atoms with van der Waals surface area (Å²) in [6.45, 7) is 3.77. The van der Waals surface area contributed by atoms with Crippen LogP contribution in [-0.2, 0) is 4.74 Å². The molecule has 4 rings (SSSR count). The van der Waals surface area contributed by atoms with Crippen molar-refractivity contribution in [3.05, 3.63) is 28.7 Å². The number of thioether (sulfide) groups is 1. The summed E-state index contributed by atoms with van der Waals surface area (Å²) < 4.78 is 4.97. The Bertz CT molecular complexity index is 876. The van der Waals surface area contributed by atoms with Crippen molar-refractivity contribution in [2.45, 2.75) is 11.9 Å². The number of aromatic nitrogens is 2. The molecule has 0 spiro atoms. The monoisotopic (exact) mass is 377 g/mol. The Labute approximate surface area is 151 Å². The topological polar surface area (TPSA) is 55.3 Å². The Hall–Kier alpha value is -1.64. The third-order valence-electron chi connectivity index (χ3n) is 3.74. The molecule has 0 unspecified atom stereocenters. The number of hydrogen-bond acceptors (Lipinski definition) is 7. The SMILES string of the molecule is Cc1nc(SCCN2CCOC2=O)c2c(-c3cccs3)csc2n1. The lowest BCUT2D eigenvalue weighted by molar-refractivity contribution is 0.160. The molecule has 0 saturated carbocycles. The molecule has 124 valence electrons.